The van der Waals surface area contributed by atoms with Crippen LogP contribution in [-0.2, 0) is 10.4 Å². The van der Waals surface area contributed by atoms with E-state index in [1.54, 1.807) is 6.08 Å². The van der Waals surface area contributed by atoms with Gasteiger partial charge in [-0.1, -0.05) is 6.08 Å². The zero-order valence-corrected chi connectivity index (χ0v) is 5.95. The van der Waals surface area contributed by atoms with Gasteiger partial charge in [-0.3, -0.25) is 9.11 Å². The summed E-state index contributed by atoms with van der Waals surface area (Å²) in [5, 5.41) is 0. The molecule has 0 spiro atoms. The second kappa shape index (κ2) is 6.49. The third kappa shape index (κ3) is 159. The highest BCUT2D eigenvalue weighted by molar-refractivity contribution is 7.79. The molecule has 0 aromatic heterocycles. The van der Waals surface area contributed by atoms with Gasteiger partial charge in [0.15, 0.2) is 0 Å². The van der Waals surface area contributed by atoms with Crippen LogP contribution in [0.15, 0.2) is 12.3 Å². The molecule has 0 bridgehead atoms. The first-order valence-corrected chi connectivity index (χ1v) is 3.58. The Labute approximate surface area is 59.1 Å². The molecular weight excluding hydrogens is 160 g/mol. The zero-order chi connectivity index (χ0) is 8.62. The third-order valence-corrected chi connectivity index (χ3v) is 0.272. The molecule has 0 aromatic carbocycles. The van der Waals surface area contributed by atoms with Crippen molar-refractivity contribution >= 4 is 10.4 Å². The molecule has 0 aliphatic heterocycles. The van der Waals surface area contributed by atoms with Crippen LogP contribution >= 0.6 is 0 Å². The molecule has 0 amide bonds. The fourth-order valence-corrected chi connectivity index (χ4v) is 0.0786. The summed E-state index contributed by atoms with van der Waals surface area (Å²) >= 11 is 0. The van der Waals surface area contributed by atoms with Crippen molar-refractivity contribution in [1.82, 2.24) is 0 Å². The van der Waals surface area contributed by atoms with Gasteiger partial charge in [-0.2, -0.15) is 8.42 Å². The summed E-state index contributed by atoms with van der Waals surface area (Å²) in [7, 11) is -4.67. The Balaban J connectivity index is 0. The lowest BCUT2D eigenvalue weighted by Crippen LogP contribution is -1.93. The fraction of sp³-hybridized carbons (Fsp3) is 0.333. The summed E-state index contributed by atoms with van der Waals surface area (Å²) in [5.74, 6) is 0. The molecule has 0 atom stereocenters. The van der Waals surface area contributed by atoms with Crippen molar-refractivity contribution in [3.63, 3.8) is 0 Å². The topological polar surface area (TPSA) is 127 Å². The quantitative estimate of drug-likeness (QED) is 0.365. The van der Waals surface area contributed by atoms with Gasteiger partial charge in [-0.05, 0) is 6.20 Å². The van der Waals surface area contributed by atoms with Gasteiger partial charge >= 0.3 is 10.4 Å². The van der Waals surface area contributed by atoms with Gasteiger partial charge in [0.2, 0.25) is 0 Å². The van der Waals surface area contributed by atoms with E-state index in [1.807, 2.05) is 0 Å². The van der Waals surface area contributed by atoms with Crippen molar-refractivity contribution in [2.45, 2.75) is 0 Å². The minimum absolute atomic E-state index is 0.538. The van der Waals surface area contributed by atoms with Gasteiger partial charge in [-0.25, -0.2) is 0 Å². The molecular formula is C3H10N2O4S. The van der Waals surface area contributed by atoms with Crippen molar-refractivity contribution in [3.05, 3.63) is 12.3 Å². The predicted molar refractivity (Wildman–Crippen MR) is 36.6 cm³/mol. The van der Waals surface area contributed by atoms with Crippen LogP contribution in [0.25, 0.3) is 0 Å². The van der Waals surface area contributed by atoms with Crippen LogP contribution in [0.1, 0.15) is 0 Å². The van der Waals surface area contributed by atoms with E-state index in [2.05, 4.69) is 0 Å². The maximum absolute atomic E-state index is 8.74. The zero-order valence-electron chi connectivity index (χ0n) is 5.14. The van der Waals surface area contributed by atoms with E-state index < -0.39 is 10.4 Å². The van der Waals surface area contributed by atoms with Crippen LogP contribution in [-0.4, -0.2) is 24.1 Å². The van der Waals surface area contributed by atoms with E-state index in [1.165, 1.54) is 6.20 Å². The molecule has 0 saturated heterocycles. The van der Waals surface area contributed by atoms with Crippen LogP contribution in [0.3, 0.4) is 0 Å². The monoisotopic (exact) mass is 170 g/mol. The van der Waals surface area contributed by atoms with Gasteiger partial charge in [0.25, 0.3) is 0 Å². The SMILES string of the molecule is NC=CCN.O=S(=O)(O)O. The molecule has 10 heavy (non-hydrogen) atoms. The Kier molecular flexibility index (Phi) is 7.84. The standard InChI is InChI=1S/C3H8N2.H2O4S/c4-2-1-3-5;1-5(2,3)4/h1-2H,3-5H2;(H2,1,2,3,4). The maximum Gasteiger partial charge on any atom is 0.394 e. The Morgan fingerprint density at radius 3 is 1.70 bits per heavy atom. The summed E-state index contributed by atoms with van der Waals surface area (Å²) in [4.78, 5) is 0. The Morgan fingerprint density at radius 2 is 1.70 bits per heavy atom. The Hall–Kier alpha value is -0.630. The van der Waals surface area contributed by atoms with Crippen LogP contribution < -0.4 is 11.5 Å². The van der Waals surface area contributed by atoms with E-state index in [9.17, 15) is 0 Å². The van der Waals surface area contributed by atoms with E-state index in [4.69, 9.17) is 29.0 Å². The summed E-state index contributed by atoms with van der Waals surface area (Å²) < 4.78 is 31.6. The van der Waals surface area contributed by atoms with Crippen molar-refractivity contribution in [2.75, 3.05) is 6.54 Å². The average molecular weight is 170 g/mol. The first-order valence-electron chi connectivity index (χ1n) is 2.18. The third-order valence-electron chi connectivity index (χ3n) is 0.272. The lowest BCUT2D eigenvalue weighted by molar-refractivity contribution is 0.381. The highest BCUT2D eigenvalue weighted by Gasteiger charge is 1.84. The largest absolute Gasteiger partial charge is 0.405 e. The molecule has 0 aliphatic carbocycles. The second-order valence-corrected chi connectivity index (χ2v) is 2.01. The lowest BCUT2D eigenvalue weighted by atomic mass is 10.6. The first kappa shape index (κ1) is 12.1. The van der Waals surface area contributed by atoms with E-state index in [0.717, 1.165) is 0 Å². The summed E-state index contributed by atoms with van der Waals surface area (Å²) in [6.45, 7) is 0.538. The predicted octanol–water partition coefficient (Wildman–Crippen LogP) is -1.24. The van der Waals surface area contributed by atoms with Gasteiger partial charge in [0.1, 0.15) is 0 Å². The highest BCUT2D eigenvalue weighted by atomic mass is 32.3. The molecule has 6 nitrogen and oxygen atoms in total. The van der Waals surface area contributed by atoms with Crippen molar-refractivity contribution in [3.8, 4) is 0 Å². The number of nitrogens with two attached hydrogens (primary N) is 2. The van der Waals surface area contributed by atoms with Crippen molar-refractivity contribution < 1.29 is 17.5 Å². The van der Waals surface area contributed by atoms with Gasteiger partial charge in [0.05, 0.1) is 0 Å². The molecule has 0 saturated carbocycles. The van der Waals surface area contributed by atoms with Gasteiger partial charge < -0.3 is 11.5 Å². The molecule has 62 valence electrons. The normalized spacial score (nSPS) is 10.7. The van der Waals surface area contributed by atoms with E-state index in [-0.39, 0.29) is 0 Å². The van der Waals surface area contributed by atoms with Crippen LogP contribution in [0.4, 0.5) is 0 Å². The van der Waals surface area contributed by atoms with Crippen LogP contribution in [0.5, 0.6) is 0 Å². The minimum Gasteiger partial charge on any atom is -0.405 e. The van der Waals surface area contributed by atoms with E-state index in [0.29, 0.717) is 6.54 Å². The molecule has 0 aromatic rings. The van der Waals surface area contributed by atoms with Gasteiger partial charge in [0, 0.05) is 6.54 Å². The molecule has 0 heterocycles. The number of rotatable bonds is 1. The molecule has 0 radical (unpaired) electrons. The maximum atomic E-state index is 8.74. The molecule has 0 aliphatic rings. The smallest absolute Gasteiger partial charge is 0.394 e. The number of hydrogen-bond acceptors (Lipinski definition) is 4. The fourth-order valence-electron chi connectivity index (χ4n) is 0.0786. The number of hydrogen-bond donors (Lipinski definition) is 4. The molecule has 7 heteroatoms. The second-order valence-electron chi connectivity index (χ2n) is 1.11. The Morgan fingerprint density at radius 1 is 1.40 bits per heavy atom. The summed E-state index contributed by atoms with van der Waals surface area (Å²) in [6.07, 6.45) is 3.11. The molecule has 0 fully saturated rings. The van der Waals surface area contributed by atoms with Crippen molar-refractivity contribution in [1.29, 1.82) is 0 Å². The highest BCUT2D eigenvalue weighted by Crippen LogP contribution is 1.59. The van der Waals surface area contributed by atoms with Crippen LogP contribution in [0, 0.1) is 0 Å². The van der Waals surface area contributed by atoms with Gasteiger partial charge in [-0.15, -0.1) is 0 Å². The molecule has 0 unspecified atom stereocenters. The minimum atomic E-state index is -4.67. The van der Waals surface area contributed by atoms with Crippen molar-refractivity contribution in [2.24, 2.45) is 11.5 Å². The Bertz CT molecular complexity index is 165. The molecule has 6 N–H and O–H groups in total. The lowest BCUT2D eigenvalue weighted by Gasteiger charge is -1.68. The van der Waals surface area contributed by atoms with E-state index >= 15 is 0 Å². The van der Waals surface area contributed by atoms with Crippen LogP contribution in [0.2, 0.25) is 0 Å². The molecule has 0 rings (SSSR count). The summed E-state index contributed by atoms with van der Waals surface area (Å²) in [6, 6.07) is 0. The average Bonchev–Trinajstić information content (AvgIpc) is 1.63. The first-order chi connectivity index (χ1) is 4.41. The summed E-state index contributed by atoms with van der Waals surface area (Å²) in [5.41, 5.74) is 9.85.